The summed E-state index contributed by atoms with van der Waals surface area (Å²) in [5, 5.41) is 3.62. The van der Waals surface area contributed by atoms with E-state index in [1.54, 1.807) is 0 Å². The minimum absolute atomic E-state index is 0.0224. The first-order valence-corrected chi connectivity index (χ1v) is 12.1. The summed E-state index contributed by atoms with van der Waals surface area (Å²) < 4.78 is 12.2. The summed E-state index contributed by atoms with van der Waals surface area (Å²) >= 11 is 0. The molecule has 0 radical (unpaired) electrons. The van der Waals surface area contributed by atoms with E-state index < -0.39 is 8.32 Å². The molecule has 4 heteroatoms. The van der Waals surface area contributed by atoms with Crippen molar-refractivity contribution < 1.29 is 9.16 Å². The van der Waals surface area contributed by atoms with Gasteiger partial charge in [0, 0.05) is 22.4 Å². The van der Waals surface area contributed by atoms with Gasteiger partial charge >= 0.3 is 0 Å². The number of rotatable bonds is 5. The molecule has 0 spiro atoms. The third-order valence-corrected chi connectivity index (χ3v) is 4.35. The molecular weight excluding hydrogens is 314 g/mol. The molecule has 3 nitrogen and oxygen atoms in total. The van der Waals surface area contributed by atoms with Gasteiger partial charge in [-0.2, -0.15) is 0 Å². The summed E-state index contributed by atoms with van der Waals surface area (Å²) in [6.07, 6.45) is 2.20. The molecule has 1 aromatic rings. The van der Waals surface area contributed by atoms with Crippen molar-refractivity contribution in [2.24, 2.45) is 0 Å². The lowest BCUT2D eigenvalue weighted by molar-refractivity contribution is 0.233. The highest BCUT2D eigenvalue weighted by Gasteiger charge is 2.29. The smallest absolute Gasteiger partial charge is 0.242 e. The Hall–Kier alpha value is -1.68. The summed E-state index contributed by atoms with van der Waals surface area (Å²) in [7, 11) is -1.70. The summed E-state index contributed by atoms with van der Waals surface area (Å²) in [5.41, 5.74) is 4.54. The zero-order chi connectivity index (χ0) is 18.1. The maximum Gasteiger partial charge on any atom is 0.242 e. The maximum absolute atomic E-state index is 6.37. The van der Waals surface area contributed by atoms with Crippen molar-refractivity contribution >= 4 is 20.0 Å². The fraction of sp³-hybridized carbons (Fsp3) is 0.500. The monoisotopic (exact) mass is 345 g/mol. The van der Waals surface area contributed by atoms with Gasteiger partial charge in [-0.15, -0.1) is 0 Å². The highest BCUT2D eigenvalue weighted by atomic mass is 28.4. The third-order valence-electron chi connectivity index (χ3n) is 3.52. The van der Waals surface area contributed by atoms with Gasteiger partial charge in [0.2, 0.25) is 8.32 Å². The fourth-order valence-corrected chi connectivity index (χ4v) is 3.70. The average Bonchev–Trinajstić information content (AvgIpc) is 2.73. The Kier molecular flexibility index (Phi) is 5.19. The molecule has 0 bridgehead atoms. The van der Waals surface area contributed by atoms with Crippen LogP contribution in [0.1, 0.15) is 45.7 Å². The van der Waals surface area contributed by atoms with Crippen LogP contribution in [0.3, 0.4) is 0 Å². The van der Waals surface area contributed by atoms with Gasteiger partial charge in [-0.25, -0.2) is 0 Å². The van der Waals surface area contributed by atoms with E-state index in [-0.39, 0.29) is 5.54 Å². The SMILES string of the molecule is CCOC(C)=C1C(NC(C)(C)C)=Cc2cccc(O[Si](C)(C)C)c21. The topological polar surface area (TPSA) is 30.5 Å². The molecule has 1 aliphatic carbocycles. The van der Waals surface area contributed by atoms with Crippen LogP contribution in [0.25, 0.3) is 11.6 Å². The van der Waals surface area contributed by atoms with E-state index in [0.717, 1.165) is 28.3 Å². The van der Waals surface area contributed by atoms with Gasteiger partial charge in [-0.3, -0.25) is 0 Å². The number of ether oxygens (including phenoxy) is 1. The lowest BCUT2D eigenvalue weighted by Crippen LogP contribution is -2.35. The number of hydrogen-bond donors (Lipinski definition) is 1. The molecule has 0 fully saturated rings. The predicted molar refractivity (Wildman–Crippen MR) is 106 cm³/mol. The second-order valence-electron chi connectivity index (χ2n) is 8.23. The van der Waals surface area contributed by atoms with Crippen LogP contribution in [0, 0.1) is 0 Å². The second kappa shape index (κ2) is 6.67. The summed E-state index contributed by atoms with van der Waals surface area (Å²) in [4.78, 5) is 0. The van der Waals surface area contributed by atoms with Crippen molar-refractivity contribution in [3.8, 4) is 5.75 Å². The van der Waals surface area contributed by atoms with Gasteiger partial charge in [0.15, 0.2) is 0 Å². The molecule has 0 saturated carbocycles. The lowest BCUT2D eigenvalue weighted by atomic mass is 10.0. The molecule has 0 aliphatic heterocycles. The van der Waals surface area contributed by atoms with E-state index in [9.17, 15) is 0 Å². The van der Waals surface area contributed by atoms with Gasteiger partial charge in [-0.1, -0.05) is 12.1 Å². The van der Waals surface area contributed by atoms with Crippen molar-refractivity contribution in [3.63, 3.8) is 0 Å². The fourth-order valence-electron chi connectivity index (χ4n) is 2.87. The van der Waals surface area contributed by atoms with Gasteiger partial charge in [0.05, 0.1) is 6.61 Å². The maximum atomic E-state index is 6.37. The lowest BCUT2D eigenvalue weighted by Gasteiger charge is -2.26. The minimum Gasteiger partial charge on any atom is -0.544 e. The van der Waals surface area contributed by atoms with E-state index in [4.69, 9.17) is 9.16 Å². The Labute approximate surface area is 147 Å². The third kappa shape index (κ3) is 4.44. The van der Waals surface area contributed by atoms with E-state index in [1.165, 1.54) is 5.56 Å². The van der Waals surface area contributed by atoms with Crippen LogP contribution in [-0.2, 0) is 4.74 Å². The van der Waals surface area contributed by atoms with Gasteiger partial charge in [0.25, 0.3) is 0 Å². The summed E-state index contributed by atoms with van der Waals surface area (Å²) in [6, 6.07) is 6.28. The Morgan fingerprint density at radius 1 is 1.17 bits per heavy atom. The van der Waals surface area contributed by atoms with Gasteiger partial charge in [0.1, 0.15) is 11.5 Å². The Bertz CT molecular complexity index is 676. The van der Waals surface area contributed by atoms with Crippen LogP contribution in [0.5, 0.6) is 5.75 Å². The van der Waals surface area contributed by atoms with Gasteiger partial charge < -0.3 is 14.5 Å². The van der Waals surface area contributed by atoms with Crippen molar-refractivity contribution in [2.45, 2.75) is 59.8 Å². The highest BCUT2D eigenvalue weighted by molar-refractivity contribution is 6.70. The molecule has 0 saturated heterocycles. The van der Waals surface area contributed by atoms with Crippen LogP contribution in [-0.4, -0.2) is 20.5 Å². The zero-order valence-corrected chi connectivity index (χ0v) is 17.3. The molecular formula is C20H31NO2Si. The first-order valence-electron chi connectivity index (χ1n) is 8.68. The first-order chi connectivity index (χ1) is 11.0. The Morgan fingerprint density at radius 2 is 1.83 bits per heavy atom. The van der Waals surface area contributed by atoms with Crippen molar-refractivity contribution in [1.29, 1.82) is 0 Å². The molecule has 1 N–H and O–H groups in total. The van der Waals surface area contributed by atoms with E-state index in [0.29, 0.717) is 6.61 Å². The molecule has 0 amide bonds. The number of allylic oxidation sites excluding steroid dienone is 2. The van der Waals surface area contributed by atoms with Crippen molar-refractivity contribution in [3.05, 3.63) is 40.8 Å². The minimum atomic E-state index is -1.70. The van der Waals surface area contributed by atoms with E-state index >= 15 is 0 Å². The number of hydrogen-bond acceptors (Lipinski definition) is 3. The van der Waals surface area contributed by atoms with Crippen LogP contribution in [0.4, 0.5) is 0 Å². The second-order valence-corrected chi connectivity index (χ2v) is 12.7. The normalized spacial score (nSPS) is 16.4. The zero-order valence-electron chi connectivity index (χ0n) is 16.3. The largest absolute Gasteiger partial charge is 0.544 e. The summed E-state index contributed by atoms with van der Waals surface area (Å²) in [6.45, 7) is 17.9. The first kappa shape index (κ1) is 18.7. The van der Waals surface area contributed by atoms with Gasteiger partial charge in [-0.05, 0) is 72.0 Å². The molecule has 24 heavy (non-hydrogen) atoms. The standard InChI is InChI=1S/C20H31NO2Si/c1-9-22-14(2)18-16(21-20(3,4)5)13-15-11-10-12-17(19(15)18)23-24(6,7)8/h10-13,21H,9H2,1-8H3. The average molecular weight is 346 g/mol. The number of benzene rings is 1. The quantitative estimate of drug-likeness (QED) is 0.571. The number of fused-ring (bicyclic) bond motifs is 1. The van der Waals surface area contributed by atoms with Crippen molar-refractivity contribution in [2.75, 3.05) is 6.61 Å². The van der Waals surface area contributed by atoms with Crippen LogP contribution >= 0.6 is 0 Å². The van der Waals surface area contributed by atoms with E-state index in [2.05, 4.69) is 70.0 Å². The Morgan fingerprint density at radius 3 is 2.38 bits per heavy atom. The highest BCUT2D eigenvalue weighted by Crippen LogP contribution is 2.43. The predicted octanol–water partition coefficient (Wildman–Crippen LogP) is 5.41. The molecule has 0 unspecified atom stereocenters. The molecule has 0 heterocycles. The Balaban J connectivity index is 2.57. The molecule has 0 aromatic heterocycles. The molecule has 1 aromatic carbocycles. The van der Waals surface area contributed by atoms with Crippen molar-refractivity contribution in [1.82, 2.24) is 5.32 Å². The molecule has 1 aliphatic rings. The summed E-state index contributed by atoms with van der Waals surface area (Å²) in [5.74, 6) is 1.90. The number of nitrogens with one attached hydrogen (secondary N) is 1. The molecule has 132 valence electrons. The molecule has 2 rings (SSSR count). The molecule has 0 atom stereocenters. The van der Waals surface area contributed by atoms with Crippen LogP contribution in [0.2, 0.25) is 19.6 Å². The van der Waals surface area contributed by atoms with E-state index in [1.807, 2.05) is 13.8 Å². The van der Waals surface area contributed by atoms with Crippen LogP contribution < -0.4 is 9.74 Å². The van der Waals surface area contributed by atoms with Crippen LogP contribution in [0.15, 0.2) is 29.7 Å².